The molecule has 1 radical (unpaired) electrons. The minimum atomic E-state index is -0.359. The van der Waals surface area contributed by atoms with Crippen molar-refractivity contribution in [3.8, 4) is 5.75 Å². The van der Waals surface area contributed by atoms with Crippen LogP contribution in [-0.2, 0) is 0 Å². The third-order valence-corrected chi connectivity index (χ3v) is 1.38. The van der Waals surface area contributed by atoms with Gasteiger partial charge in [0.15, 0.2) is 18.3 Å². The summed E-state index contributed by atoms with van der Waals surface area (Å²) in [5, 5.41) is 2.85. The highest BCUT2D eigenvalue weighted by Gasteiger charge is 2.14. The molecule has 1 aliphatic heterocycles. The van der Waals surface area contributed by atoms with Gasteiger partial charge in [-0.25, -0.2) is 4.39 Å². The van der Waals surface area contributed by atoms with Gasteiger partial charge in [0.2, 0.25) is 0 Å². The van der Waals surface area contributed by atoms with E-state index < -0.39 is 0 Å². The molecule has 2 nitrogen and oxygen atoms in total. The van der Waals surface area contributed by atoms with Crippen molar-refractivity contribution in [2.75, 3.05) is 12.0 Å². The van der Waals surface area contributed by atoms with E-state index in [1.807, 2.05) is 0 Å². The highest BCUT2D eigenvalue weighted by Crippen LogP contribution is 2.30. The minimum absolute atomic E-state index is 0.304. The van der Waals surface area contributed by atoms with Gasteiger partial charge in [-0.1, -0.05) is 0 Å². The van der Waals surface area contributed by atoms with Crippen LogP contribution in [0, 0.1) is 11.9 Å². The molecule has 3 heteroatoms. The third kappa shape index (κ3) is 0.635. The molecule has 1 aromatic rings. The maximum absolute atomic E-state index is 12.7. The lowest BCUT2D eigenvalue weighted by atomic mass is 10.3. The summed E-state index contributed by atoms with van der Waals surface area (Å²) < 4.78 is 17.6. The van der Waals surface area contributed by atoms with E-state index in [1.54, 1.807) is 6.07 Å². The van der Waals surface area contributed by atoms with Crippen molar-refractivity contribution in [1.82, 2.24) is 0 Å². The topological polar surface area (TPSA) is 21.3 Å². The van der Waals surface area contributed by atoms with E-state index in [0.717, 1.165) is 0 Å². The van der Waals surface area contributed by atoms with Crippen LogP contribution < -0.4 is 10.1 Å². The van der Waals surface area contributed by atoms with Crippen molar-refractivity contribution in [2.24, 2.45) is 0 Å². The highest BCUT2D eigenvalue weighted by molar-refractivity contribution is 5.58. The van der Waals surface area contributed by atoms with Gasteiger partial charge in [0.25, 0.3) is 0 Å². The second-order valence-electron chi connectivity index (χ2n) is 2.01. The summed E-state index contributed by atoms with van der Waals surface area (Å²) in [5.74, 6) is -0.0544. The van der Waals surface area contributed by atoms with Gasteiger partial charge in [-0.05, 0) is 18.2 Å². The van der Waals surface area contributed by atoms with Gasteiger partial charge in [0.05, 0.1) is 5.69 Å². The Labute approximate surface area is 57.6 Å². The Bertz CT molecular complexity index is 262. The second-order valence-corrected chi connectivity index (χ2v) is 2.01. The Balaban J connectivity index is 2.59. The molecule has 1 aliphatic rings. The zero-order chi connectivity index (χ0) is 6.97. The Morgan fingerprint density at radius 2 is 2.50 bits per heavy atom. The van der Waals surface area contributed by atoms with Crippen LogP contribution in [0.5, 0.6) is 5.75 Å². The summed E-state index contributed by atoms with van der Waals surface area (Å²) in [6.07, 6.45) is 0. The summed E-state index contributed by atoms with van der Waals surface area (Å²) in [7, 11) is 0. The summed E-state index contributed by atoms with van der Waals surface area (Å²) in [5.41, 5.74) is 0.681. The van der Waals surface area contributed by atoms with Crippen molar-refractivity contribution in [1.29, 1.82) is 0 Å². The molecule has 1 N–H and O–H groups in total. The molecule has 2 rings (SSSR count). The van der Waals surface area contributed by atoms with Crippen LogP contribution in [-0.4, -0.2) is 6.73 Å². The molecule has 0 amide bonds. The number of anilines is 1. The van der Waals surface area contributed by atoms with Crippen molar-refractivity contribution >= 4 is 5.69 Å². The molecule has 1 aromatic carbocycles. The number of hydrogen-bond donors (Lipinski definition) is 1. The van der Waals surface area contributed by atoms with Crippen molar-refractivity contribution in [3.05, 3.63) is 24.0 Å². The molecule has 0 aliphatic carbocycles. The quantitative estimate of drug-likeness (QED) is 0.584. The van der Waals surface area contributed by atoms with E-state index in [-0.39, 0.29) is 5.82 Å². The Hall–Kier alpha value is -1.25. The van der Waals surface area contributed by atoms with E-state index >= 15 is 0 Å². The lowest BCUT2D eigenvalue weighted by Gasteiger charge is -1.95. The maximum Gasteiger partial charge on any atom is 0.180 e. The molecule has 0 saturated carbocycles. The Kier molecular flexibility index (Phi) is 1.03. The van der Waals surface area contributed by atoms with E-state index in [4.69, 9.17) is 4.74 Å². The van der Waals surface area contributed by atoms with E-state index in [9.17, 15) is 4.39 Å². The minimum Gasteiger partial charge on any atom is -0.468 e. The first-order valence-electron chi connectivity index (χ1n) is 2.94. The van der Waals surface area contributed by atoms with Crippen LogP contribution in [0.2, 0.25) is 0 Å². The first-order chi connectivity index (χ1) is 4.88. The smallest absolute Gasteiger partial charge is 0.180 e. The van der Waals surface area contributed by atoms with Gasteiger partial charge < -0.3 is 10.1 Å². The fourth-order valence-corrected chi connectivity index (χ4v) is 0.922. The lowest BCUT2D eigenvalue weighted by Crippen LogP contribution is -1.96. The number of halogens is 1. The van der Waals surface area contributed by atoms with Gasteiger partial charge >= 0.3 is 0 Å². The molecular formula is C7H5FNO. The van der Waals surface area contributed by atoms with Crippen LogP contribution >= 0.6 is 0 Å². The molecular weight excluding hydrogens is 133 g/mol. The van der Waals surface area contributed by atoms with E-state index in [0.29, 0.717) is 18.2 Å². The molecule has 1 heterocycles. The third-order valence-electron chi connectivity index (χ3n) is 1.38. The van der Waals surface area contributed by atoms with Crippen LogP contribution in [0.3, 0.4) is 0 Å². The molecule has 10 heavy (non-hydrogen) atoms. The standard InChI is InChI=1S/C7H5FNO/c8-5-2-1-3-6-7(5)10-4-9-6/h2-3,9H,4H2. The number of nitrogens with one attached hydrogen (secondary N) is 1. The SMILES string of the molecule is Fc1c[c]cc2c1OCN2. The van der Waals surface area contributed by atoms with Crippen molar-refractivity contribution < 1.29 is 9.13 Å². The molecule has 0 fully saturated rings. The average Bonchev–Trinajstić information content (AvgIpc) is 2.36. The van der Waals surface area contributed by atoms with Gasteiger partial charge in [-0.2, -0.15) is 0 Å². The average molecular weight is 138 g/mol. The highest BCUT2D eigenvalue weighted by atomic mass is 19.1. The largest absolute Gasteiger partial charge is 0.468 e. The molecule has 0 unspecified atom stereocenters. The fourth-order valence-electron chi connectivity index (χ4n) is 0.922. The van der Waals surface area contributed by atoms with Crippen molar-refractivity contribution in [2.45, 2.75) is 0 Å². The second kappa shape index (κ2) is 1.87. The molecule has 0 saturated heterocycles. The molecule has 0 aromatic heterocycles. The predicted octanol–water partition coefficient (Wildman–Crippen LogP) is 1.39. The van der Waals surface area contributed by atoms with Crippen LogP contribution in [0.1, 0.15) is 0 Å². The number of fused-ring (bicyclic) bond motifs is 1. The van der Waals surface area contributed by atoms with Gasteiger partial charge in [0.1, 0.15) is 0 Å². The normalized spacial score (nSPS) is 13.7. The van der Waals surface area contributed by atoms with E-state index in [2.05, 4.69) is 11.4 Å². The number of rotatable bonds is 0. The van der Waals surface area contributed by atoms with Crippen LogP contribution in [0.15, 0.2) is 12.1 Å². The first kappa shape index (κ1) is 5.53. The Morgan fingerprint density at radius 1 is 1.60 bits per heavy atom. The summed E-state index contributed by atoms with van der Waals surface area (Å²) in [6.45, 7) is 0.351. The molecule has 0 atom stereocenters. The summed E-state index contributed by atoms with van der Waals surface area (Å²) in [6, 6.07) is 5.56. The summed E-state index contributed by atoms with van der Waals surface area (Å²) >= 11 is 0. The number of hydrogen-bond acceptors (Lipinski definition) is 2. The molecule has 0 spiro atoms. The number of benzene rings is 1. The maximum atomic E-state index is 12.7. The van der Waals surface area contributed by atoms with Crippen molar-refractivity contribution in [3.63, 3.8) is 0 Å². The van der Waals surface area contributed by atoms with Crippen LogP contribution in [0.25, 0.3) is 0 Å². The summed E-state index contributed by atoms with van der Waals surface area (Å²) in [4.78, 5) is 0. The monoisotopic (exact) mass is 138 g/mol. The fraction of sp³-hybridized carbons (Fsp3) is 0.143. The lowest BCUT2D eigenvalue weighted by molar-refractivity contribution is 0.352. The first-order valence-corrected chi connectivity index (χ1v) is 2.94. The Morgan fingerprint density at radius 3 is 3.30 bits per heavy atom. The zero-order valence-electron chi connectivity index (χ0n) is 5.15. The number of ether oxygens (including phenoxy) is 1. The van der Waals surface area contributed by atoms with Gasteiger partial charge in [0, 0.05) is 0 Å². The van der Waals surface area contributed by atoms with Crippen LogP contribution in [0.4, 0.5) is 10.1 Å². The van der Waals surface area contributed by atoms with E-state index in [1.165, 1.54) is 6.07 Å². The molecule has 51 valence electrons. The van der Waals surface area contributed by atoms with Gasteiger partial charge in [-0.15, -0.1) is 0 Å². The zero-order valence-corrected chi connectivity index (χ0v) is 5.15. The molecule has 0 bridgehead atoms. The predicted molar refractivity (Wildman–Crippen MR) is 34.4 cm³/mol. The van der Waals surface area contributed by atoms with Gasteiger partial charge in [-0.3, -0.25) is 0 Å².